The molecule has 1 aliphatic heterocycles. The molecule has 188 valence electrons. The van der Waals surface area contributed by atoms with E-state index in [0.29, 0.717) is 37.6 Å². The number of hydrogen-bond donors (Lipinski definition) is 6. The maximum Gasteiger partial charge on any atom is 0.0606 e. The summed E-state index contributed by atoms with van der Waals surface area (Å²) in [6, 6.07) is 11.8. The molecule has 0 unspecified atom stereocenters. The van der Waals surface area contributed by atoms with Gasteiger partial charge in [-0.15, -0.1) is 0 Å². The molecule has 34 heavy (non-hydrogen) atoms. The molecule has 0 atom stereocenters. The van der Waals surface area contributed by atoms with Gasteiger partial charge in [-0.1, -0.05) is 0 Å². The molecule has 0 radical (unpaired) electrons. The average molecular weight is 475 g/mol. The van der Waals surface area contributed by atoms with Gasteiger partial charge in [0.15, 0.2) is 0 Å². The summed E-state index contributed by atoms with van der Waals surface area (Å²) in [6.07, 6.45) is 0. The molecule has 0 spiro atoms. The first kappa shape index (κ1) is 25.7. The van der Waals surface area contributed by atoms with Crippen molar-refractivity contribution >= 4 is 34.1 Å². The Morgan fingerprint density at radius 3 is 1.18 bits per heavy atom. The zero-order valence-corrected chi connectivity index (χ0v) is 19.7. The van der Waals surface area contributed by atoms with E-state index in [2.05, 4.69) is 9.80 Å². The number of nitrogen functional groups attached to an aromatic ring is 2. The van der Waals surface area contributed by atoms with E-state index in [1.165, 1.54) is 0 Å². The number of aliphatic hydroxyl groups is 4. The van der Waals surface area contributed by atoms with Gasteiger partial charge >= 0.3 is 0 Å². The third-order valence-corrected chi connectivity index (χ3v) is 6.19. The van der Waals surface area contributed by atoms with Crippen LogP contribution in [0.1, 0.15) is 0 Å². The Balaban J connectivity index is 1.66. The van der Waals surface area contributed by atoms with Gasteiger partial charge in [0.2, 0.25) is 0 Å². The molecular weight excluding hydrogens is 436 g/mol. The summed E-state index contributed by atoms with van der Waals surface area (Å²) in [5.74, 6) is 0. The van der Waals surface area contributed by atoms with Crippen LogP contribution in [0.5, 0.6) is 0 Å². The average Bonchev–Trinajstić information content (AvgIpc) is 2.84. The van der Waals surface area contributed by atoms with Crippen molar-refractivity contribution in [3.8, 4) is 0 Å². The number of anilines is 6. The van der Waals surface area contributed by atoms with E-state index >= 15 is 0 Å². The Labute approximate surface area is 201 Å². The van der Waals surface area contributed by atoms with Gasteiger partial charge in [-0.25, -0.2) is 0 Å². The van der Waals surface area contributed by atoms with Crippen molar-refractivity contribution in [1.82, 2.24) is 0 Å². The largest absolute Gasteiger partial charge is 0.397 e. The normalized spacial score (nSPS) is 13.9. The number of aliphatic hydroxyl groups excluding tert-OH is 4. The molecule has 2 aromatic rings. The van der Waals surface area contributed by atoms with Crippen molar-refractivity contribution < 1.29 is 20.4 Å². The van der Waals surface area contributed by atoms with E-state index in [0.717, 1.165) is 48.9 Å². The number of nitrogens with zero attached hydrogens (tertiary/aromatic N) is 4. The summed E-state index contributed by atoms with van der Waals surface area (Å²) in [5, 5.41) is 37.1. The Kier molecular flexibility index (Phi) is 9.46. The molecule has 0 aromatic heterocycles. The third-order valence-electron chi connectivity index (χ3n) is 6.19. The second-order valence-electron chi connectivity index (χ2n) is 8.33. The first-order valence-electron chi connectivity index (χ1n) is 11.7. The molecule has 2 aromatic carbocycles. The van der Waals surface area contributed by atoms with Crippen molar-refractivity contribution in [3.05, 3.63) is 36.4 Å². The molecule has 0 saturated carbocycles. The number of benzene rings is 2. The number of piperazine rings is 1. The minimum atomic E-state index is 0.00856. The minimum Gasteiger partial charge on any atom is -0.397 e. The predicted molar refractivity (Wildman–Crippen MR) is 139 cm³/mol. The van der Waals surface area contributed by atoms with Crippen LogP contribution in [0.25, 0.3) is 0 Å². The quantitative estimate of drug-likeness (QED) is 0.228. The van der Waals surface area contributed by atoms with Crippen LogP contribution < -0.4 is 31.1 Å². The van der Waals surface area contributed by atoms with Gasteiger partial charge in [0, 0.05) is 63.7 Å². The topological polar surface area (TPSA) is 146 Å². The standard InChI is InChI=1S/C24H38N6O4/c25-21-17-19(27(9-13-31)10-14-32)1-3-23(21)29-5-7-30(8-6-29)24-4-2-20(18-22(24)26)28(11-15-33)12-16-34/h1-4,17-18,31-34H,5-16,25-26H2. The highest BCUT2D eigenvalue weighted by molar-refractivity contribution is 5.75. The highest BCUT2D eigenvalue weighted by Gasteiger charge is 2.21. The van der Waals surface area contributed by atoms with Crippen LogP contribution in [0.3, 0.4) is 0 Å². The maximum absolute atomic E-state index is 9.28. The number of nitrogens with two attached hydrogens (primary N) is 2. The van der Waals surface area contributed by atoms with Crippen molar-refractivity contribution in [2.75, 3.05) is 110 Å². The highest BCUT2D eigenvalue weighted by atomic mass is 16.3. The van der Waals surface area contributed by atoms with Crippen LogP contribution in [0.15, 0.2) is 36.4 Å². The third kappa shape index (κ3) is 6.15. The van der Waals surface area contributed by atoms with Crippen LogP contribution in [0, 0.1) is 0 Å². The zero-order chi connectivity index (χ0) is 24.5. The molecule has 1 aliphatic rings. The van der Waals surface area contributed by atoms with E-state index in [9.17, 15) is 20.4 Å². The SMILES string of the molecule is Nc1cc(N(CCO)CCO)ccc1N1CCN(c2ccc(N(CCO)CCO)cc2N)CC1. The van der Waals surface area contributed by atoms with Gasteiger partial charge < -0.3 is 51.5 Å². The summed E-state index contributed by atoms with van der Waals surface area (Å²) >= 11 is 0. The van der Waals surface area contributed by atoms with Gasteiger partial charge in [-0.2, -0.15) is 0 Å². The van der Waals surface area contributed by atoms with E-state index in [1.807, 2.05) is 46.2 Å². The van der Waals surface area contributed by atoms with Crippen molar-refractivity contribution in [1.29, 1.82) is 0 Å². The predicted octanol–water partition coefficient (Wildman–Crippen LogP) is -0.240. The Morgan fingerprint density at radius 2 is 0.912 bits per heavy atom. The molecular formula is C24H38N6O4. The molecule has 1 fully saturated rings. The number of hydrogen-bond acceptors (Lipinski definition) is 10. The van der Waals surface area contributed by atoms with E-state index in [1.54, 1.807) is 0 Å². The fraction of sp³-hybridized carbons (Fsp3) is 0.500. The fourth-order valence-electron chi connectivity index (χ4n) is 4.46. The Morgan fingerprint density at radius 1 is 0.588 bits per heavy atom. The molecule has 8 N–H and O–H groups in total. The first-order chi connectivity index (χ1) is 16.5. The zero-order valence-electron chi connectivity index (χ0n) is 19.7. The van der Waals surface area contributed by atoms with E-state index in [4.69, 9.17) is 11.5 Å². The first-order valence-corrected chi connectivity index (χ1v) is 11.7. The van der Waals surface area contributed by atoms with Crippen LogP contribution in [-0.2, 0) is 0 Å². The molecule has 10 heteroatoms. The van der Waals surface area contributed by atoms with Gasteiger partial charge in [0.1, 0.15) is 0 Å². The van der Waals surface area contributed by atoms with Crippen LogP contribution in [-0.4, -0.2) is 99.2 Å². The highest BCUT2D eigenvalue weighted by Crippen LogP contribution is 2.32. The lowest BCUT2D eigenvalue weighted by molar-refractivity contribution is 0.280. The van der Waals surface area contributed by atoms with Crippen molar-refractivity contribution in [2.45, 2.75) is 0 Å². The molecule has 1 heterocycles. The second kappa shape index (κ2) is 12.5. The summed E-state index contributed by atoms with van der Waals surface area (Å²) in [6.45, 7) is 4.97. The number of rotatable bonds is 12. The minimum absolute atomic E-state index is 0.00856. The van der Waals surface area contributed by atoms with Gasteiger partial charge in [-0.3, -0.25) is 0 Å². The van der Waals surface area contributed by atoms with E-state index in [-0.39, 0.29) is 26.4 Å². The maximum atomic E-state index is 9.28. The summed E-state index contributed by atoms with van der Waals surface area (Å²) in [4.78, 5) is 8.33. The smallest absolute Gasteiger partial charge is 0.0606 e. The molecule has 0 aliphatic carbocycles. The van der Waals surface area contributed by atoms with Gasteiger partial charge in [-0.05, 0) is 36.4 Å². The lowest BCUT2D eigenvalue weighted by atomic mass is 10.1. The molecule has 0 bridgehead atoms. The van der Waals surface area contributed by atoms with Gasteiger partial charge in [0.25, 0.3) is 0 Å². The molecule has 1 saturated heterocycles. The molecule has 10 nitrogen and oxygen atoms in total. The van der Waals surface area contributed by atoms with Gasteiger partial charge in [0.05, 0.1) is 49.2 Å². The van der Waals surface area contributed by atoms with Crippen LogP contribution in [0.4, 0.5) is 34.1 Å². The lowest BCUT2D eigenvalue weighted by Crippen LogP contribution is -2.47. The van der Waals surface area contributed by atoms with Crippen molar-refractivity contribution in [3.63, 3.8) is 0 Å². The summed E-state index contributed by atoms with van der Waals surface area (Å²) < 4.78 is 0. The monoisotopic (exact) mass is 474 g/mol. The molecule has 0 amide bonds. The van der Waals surface area contributed by atoms with Crippen LogP contribution >= 0.6 is 0 Å². The Bertz CT molecular complexity index is 822. The summed E-state index contributed by atoms with van der Waals surface area (Å²) in [7, 11) is 0. The van der Waals surface area contributed by atoms with E-state index < -0.39 is 0 Å². The summed E-state index contributed by atoms with van der Waals surface area (Å²) in [5.41, 5.74) is 17.8. The lowest BCUT2D eigenvalue weighted by Gasteiger charge is -2.38. The molecule has 3 rings (SSSR count). The van der Waals surface area contributed by atoms with Crippen LogP contribution in [0.2, 0.25) is 0 Å². The van der Waals surface area contributed by atoms with Crippen molar-refractivity contribution in [2.24, 2.45) is 0 Å². The Hall–Kier alpha value is -2.92. The fourth-order valence-corrected chi connectivity index (χ4v) is 4.46. The second-order valence-corrected chi connectivity index (χ2v) is 8.33.